The smallest absolute Gasteiger partial charge is 0.119 e. The summed E-state index contributed by atoms with van der Waals surface area (Å²) in [6, 6.07) is 8.09. The highest BCUT2D eigenvalue weighted by Gasteiger charge is 2.03. The highest BCUT2D eigenvalue weighted by molar-refractivity contribution is 5.81. The fourth-order valence-electron chi connectivity index (χ4n) is 1.77. The molecule has 1 aromatic carbocycles. The van der Waals surface area contributed by atoms with E-state index in [0.717, 1.165) is 28.9 Å². The number of aromatic nitrogens is 1. The molecular weight excluding hydrogens is 200 g/mol. The molecule has 0 saturated carbocycles. The van der Waals surface area contributed by atoms with Gasteiger partial charge in [-0.25, -0.2) is 0 Å². The second-order valence-electron chi connectivity index (χ2n) is 3.84. The standard InChI is InChI=1S/C13H16N2O/c1-9-6-10-7-11(16-3)4-5-12(10)15-13(9)8-14-2/h4-7,14H,8H2,1-3H3. The summed E-state index contributed by atoms with van der Waals surface area (Å²) in [5.41, 5.74) is 3.31. The van der Waals surface area contributed by atoms with Crippen LogP contribution in [0.1, 0.15) is 11.3 Å². The van der Waals surface area contributed by atoms with Crippen molar-refractivity contribution < 1.29 is 4.74 Å². The number of ether oxygens (including phenoxy) is 1. The minimum Gasteiger partial charge on any atom is -0.497 e. The lowest BCUT2D eigenvalue weighted by Crippen LogP contribution is -2.08. The van der Waals surface area contributed by atoms with E-state index in [1.807, 2.05) is 25.2 Å². The zero-order valence-corrected chi connectivity index (χ0v) is 9.87. The second kappa shape index (κ2) is 4.49. The van der Waals surface area contributed by atoms with E-state index >= 15 is 0 Å². The molecular formula is C13H16N2O. The quantitative estimate of drug-likeness (QED) is 0.854. The molecule has 0 saturated heterocycles. The van der Waals surface area contributed by atoms with Crippen LogP contribution in [0.25, 0.3) is 10.9 Å². The van der Waals surface area contributed by atoms with Crippen LogP contribution < -0.4 is 10.1 Å². The Kier molecular flexibility index (Phi) is 3.06. The molecule has 0 fully saturated rings. The first-order valence-corrected chi connectivity index (χ1v) is 5.33. The zero-order valence-electron chi connectivity index (χ0n) is 9.87. The van der Waals surface area contributed by atoms with Gasteiger partial charge in [0.15, 0.2) is 0 Å². The third kappa shape index (κ3) is 1.99. The van der Waals surface area contributed by atoms with E-state index in [9.17, 15) is 0 Å². The van der Waals surface area contributed by atoms with Crippen molar-refractivity contribution in [2.45, 2.75) is 13.5 Å². The predicted octanol–water partition coefficient (Wildman–Crippen LogP) is 2.27. The van der Waals surface area contributed by atoms with E-state index in [1.165, 1.54) is 5.56 Å². The molecule has 84 valence electrons. The molecule has 0 aliphatic heterocycles. The number of methoxy groups -OCH3 is 1. The Morgan fingerprint density at radius 3 is 2.81 bits per heavy atom. The Hall–Kier alpha value is -1.61. The summed E-state index contributed by atoms with van der Waals surface area (Å²) in [4.78, 5) is 4.62. The van der Waals surface area contributed by atoms with Crippen LogP contribution in [0.4, 0.5) is 0 Å². The van der Waals surface area contributed by atoms with E-state index in [0.29, 0.717) is 0 Å². The monoisotopic (exact) mass is 216 g/mol. The number of hydrogen-bond donors (Lipinski definition) is 1. The zero-order chi connectivity index (χ0) is 11.5. The first-order valence-electron chi connectivity index (χ1n) is 5.33. The van der Waals surface area contributed by atoms with Crippen LogP contribution in [0.3, 0.4) is 0 Å². The van der Waals surface area contributed by atoms with Crippen molar-refractivity contribution in [1.29, 1.82) is 0 Å². The maximum absolute atomic E-state index is 5.20. The van der Waals surface area contributed by atoms with Crippen molar-refractivity contribution in [2.75, 3.05) is 14.2 Å². The van der Waals surface area contributed by atoms with Crippen LogP contribution in [0, 0.1) is 6.92 Å². The van der Waals surface area contributed by atoms with E-state index in [2.05, 4.69) is 23.3 Å². The molecule has 3 heteroatoms. The number of nitrogens with one attached hydrogen (secondary N) is 1. The highest BCUT2D eigenvalue weighted by Crippen LogP contribution is 2.21. The molecule has 16 heavy (non-hydrogen) atoms. The van der Waals surface area contributed by atoms with Gasteiger partial charge in [0.2, 0.25) is 0 Å². The first kappa shape index (κ1) is 10.9. The van der Waals surface area contributed by atoms with E-state index < -0.39 is 0 Å². The lowest BCUT2D eigenvalue weighted by Gasteiger charge is -2.07. The second-order valence-corrected chi connectivity index (χ2v) is 3.84. The third-order valence-electron chi connectivity index (χ3n) is 2.66. The number of pyridine rings is 1. The number of aryl methyl sites for hydroxylation is 1. The average molecular weight is 216 g/mol. The van der Waals surface area contributed by atoms with Crippen molar-refractivity contribution in [1.82, 2.24) is 10.3 Å². The maximum Gasteiger partial charge on any atom is 0.119 e. The molecule has 1 aromatic heterocycles. The Labute approximate surface area is 95.5 Å². The Morgan fingerprint density at radius 1 is 1.31 bits per heavy atom. The SMILES string of the molecule is CNCc1nc2ccc(OC)cc2cc1C. The van der Waals surface area contributed by atoms with Gasteiger partial charge >= 0.3 is 0 Å². The minimum atomic E-state index is 0.799. The lowest BCUT2D eigenvalue weighted by molar-refractivity contribution is 0.415. The summed E-state index contributed by atoms with van der Waals surface area (Å²) in [7, 11) is 3.61. The Morgan fingerprint density at radius 2 is 2.12 bits per heavy atom. The largest absolute Gasteiger partial charge is 0.497 e. The van der Waals surface area contributed by atoms with E-state index in [-0.39, 0.29) is 0 Å². The van der Waals surface area contributed by atoms with Crippen molar-refractivity contribution in [3.8, 4) is 5.75 Å². The number of hydrogen-bond acceptors (Lipinski definition) is 3. The molecule has 0 bridgehead atoms. The average Bonchev–Trinajstić information content (AvgIpc) is 2.30. The van der Waals surface area contributed by atoms with Crippen LogP contribution >= 0.6 is 0 Å². The molecule has 0 unspecified atom stereocenters. The van der Waals surface area contributed by atoms with Gasteiger partial charge in [-0.05, 0) is 43.8 Å². The van der Waals surface area contributed by atoms with E-state index in [4.69, 9.17) is 4.74 Å². The van der Waals surface area contributed by atoms with Crippen molar-refractivity contribution in [3.05, 3.63) is 35.5 Å². The molecule has 1 N–H and O–H groups in total. The molecule has 0 radical (unpaired) electrons. The molecule has 0 aliphatic rings. The molecule has 2 aromatic rings. The van der Waals surface area contributed by atoms with Crippen molar-refractivity contribution >= 4 is 10.9 Å². The Bertz CT molecular complexity index is 509. The summed E-state index contributed by atoms with van der Waals surface area (Å²) in [5.74, 6) is 0.870. The Balaban J connectivity index is 2.55. The summed E-state index contributed by atoms with van der Waals surface area (Å²) in [6.07, 6.45) is 0. The minimum absolute atomic E-state index is 0.799. The van der Waals surface area contributed by atoms with Gasteiger partial charge in [0.05, 0.1) is 18.3 Å². The fraction of sp³-hybridized carbons (Fsp3) is 0.308. The molecule has 3 nitrogen and oxygen atoms in total. The number of benzene rings is 1. The van der Waals surface area contributed by atoms with Gasteiger partial charge in [0.25, 0.3) is 0 Å². The number of rotatable bonds is 3. The maximum atomic E-state index is 5.20. The predicted molar refractivity (Wildman–Crippen MR) is 65.8 cm³/mol. The molecule has 1 heterocycles. The summed E-state index contributed by atoms with van der Waals surface area (Å²) >= 11 is 0. The summed E-state index contributed by atoms with van der Waals surface area (Å²) in [5, 5.41) is 4.25. The molecule has 0 atom stereocenters. The van der Waals surface area contributed by atoms with Crippen LogP contribution in [-0.4, -0.2) is 19.1 Å². The van der Waals surface area contributed by atoms with Gasteiger partial charge in [0.1, 0.15) is 5.75 Å². The van der Waals surface area contributed by atoms with Gasteiger partial charge < -0.3 is 10.1 Å². The van der Waals surface area contributed by atoms with Crippen molar-refractivity contribution in [2.24, 2.45) is 0 Å². The van der Waals surface area contributed by atoms with E-state index in [1.54, 1.807) is 7.11 Å². The van der Waals surface area contributed by atoms with Crippen LogP contribution in [-0.2, 0) is 6.54 Å². The van der Waals surface area contributed by atoms with Crippen molar-refractivity contribution in [3.63, 3.8) is 0 Å². The van der Waals surface area contributed by atoms with Gasteiger partial charge in [-0.1, -0.05) is 0 Å². The van der Waals surface area contributed by atoms with Gasteiger partial charge in [-0.3, -0.25) is 4.98 Å². The molecule has 2 rings (SSSR count). The number of nitrogens with zero attached hydrogens (tertiary/aromatic N) is 1. The summed E-state index contributed by atoms with van der Waals surface area (Å²) < 4.78 is 5.20. The first-order chi connectivity index (χ1) is 7.74. The summed E-state index contributed by atoms with van der Waals surface area (Å²) in [6.45, 7) is 2.88. The van der Waals surface area contributed by atoms with Gasteiger partial charge in [0, 0.05) is 11.9 Å². The third-order valence-corrected chi connectivity index (χ3v) is 2.66. The molecule has 0 amide bonds. The molecule has 0 aliphatic carbocycles. The number of fused-ring (bicyclic) bond motifs is 1. The molecule has 0 spiro atoms. The van der Waals surface area contributed by atoms with Gasteiger partial charge in [-0.2, -0.15) is 0 Å². The van der Waals surface area contributed by atoms with Gasteiger partial charge in [-0.15, -0.1) is 0 Å². The van der Waals surface area contributed by atoms with Crippen LogP contribution in [0.15, 0.2) is 24.3 Å². The highest BCUT2D eigenvalue weighted by atomic mass is 16.5. The van der Waals surface area contributed by atoms with Crippen LogP contribution in [0.5, 0.6) is 5.75 Å². The lowest BCUT2D eigenvalue weighted by atomic mass is 10.1. The topological polar surface area (TPSA) is 34.2 Å². The van der Waals surface area contributed by atoms with Crippen LogP contribution in [0.2, 0.25) is 0 Å². The fourth-order valence-corrected chi connectivity index (χ4v) is 1.77. The normalized spacial score (nSPS) is 10.7.